The van der Waals surface area contributed by atoms with Gasteiger partial charge in [0.05, 0.1) is 21.6 Å². The average Bonchev–Trinajstić information content (AvgIpc) is 2.78. The molecule has 0 bridgehead atoms. The van der Waals surface area contributed by atoms with E-state index < -0.39 is 52.0 Å². The summed E-state index contributed by atoms with van der Waals surface area (Å²) in [5, 5.41) is 9.95. The standard InChI is InChI=1S/C24H40BrFN4O2S3/c1-9-34(10-2,11-3)18-15-19(25)29-21(20(18)26)24(8,30-33(31)22(4,5)6)17-35(32)23(7,16-27)13-12-14-28-35/h15,30H,9-14,17H2,1-8H3/t23-,24+,33?,35?/m1/s1. The smallest absolute Gasteiger partial charge is 0.158 e. The predicted molar refractivity (Wildman–Crippen MR) is 151 cm³/mol. The number of pyridine rings is 1. The SMILES string of the molecule is CCS(CC)(CC)c1cc(Br)nc([C@](C)(CS2(=O)=NCCC[C@]2(C)C#N)N[S+]([O-])C(C)(C)C)c1F. The van der Waals surface area contributed by atoms with Crippen LogP contribution in [0.5, 0.6) is 0 Å². The Morgan fingerprint density at radius 2 is 1.89 bits per heavy atom. The molecule has 0 amide bonds. The van der Waals surface area contributed by atoms with Gasteiger partial charge in [-0.15, -0.1) is 4.72 Å². The first-order chi connectivity index (χ1) is 16.1. The fourth-order valence-electron chi connectivity index (χ4n) is 4.39. The van der Waals surface area contributed by atoms with Gasteiger partial charge in [-0.05, 0) is 86.7 Å². The van der Waals surface area contributed by atoms with E-state index in [9.17, 15) is 14.0 Å². The number of halogens is 2. The second-order valence-corrected chi connectivity index (χ2v) is 20.2. The van der Waals surface area contributed by atoms with Crippen LogP contribution >= 0.6 is 26.0 Å². The maximum Gasteiger partial charge on any atom is 0.158 e. The molecule has 1 aromatic heterocycles. The van der Waals surface area contributed by atoms with E-state index in [0.29, 0.717) is 28.9 Å². The van der Waals surface area contributed by atoms with Crippen molar-refractivity contribution >= 4 is 47.0 Å². The summed E-state index contributed by atoms with van der Waals surface area (Å²) >= 11 is 1.87. The van der Waals surface area contributed by atoms with Gasteiger partial charge in [0.2, 0.25) is 0 Å². The number of hydrogen-bond donors (Lipinski definition) is 1. The van der Waals surface area contributed by atoms with Gasteiger partial charge in [0.15, 0.2) is 5.82 Å². The summed E-state index contributed by atoms with van der Waals surface area (Å²) in [6.07, 6.45) is 1.11. The molecule has 0 saturated heterocycles. The second kappa shape index (κ2) is 11.2. The summed E-state index contributed by atoms with van der Waals surface area (Å²) in [5.74, 6) is 1.85. The first kappa shape index (κ1) is 30.8. The van der Waals surface area contributed by atoms with Crippen molar-refractivity contribution in [3.63, 3.8) is 0 Å². The number of aromatic nitrogens is 1. The molecule has 1 aliphatic heterocycles. The van der Waals surface area contributed by atoms with E-state index in [4.69, 9.17) is 0 Å². The Morgan fingerprint density at radius 1 is 1.31 bits per heavy atom. The second-order valence-electron chi connectivity index (χ2n) is 10.4. The third kappa shape index (κ3) is 6.04. The maximum atomic E-state index is 16.5. The molecule has 35 heavy (non-hydrogen) atoms. The van der Waals surface area contributed by atoms with Crippen molar-refractivity contribution < 1.29 is 13.2 Å². The van der Waals surface area contributed by atoms with Crippen LogP contribution in [0.4, 0.5) is 4.39 Å². The zero-order chi connectivity index (χ0) is 26.9. The summed E-state index contributed by atoms with van der Waals surface area (Å²) in [6, 6.07) is 3.99. The van der Waals surface area contributed by atoms with Gasteiger partial charge in [0.1, 0.15) is 25.3 Å². The van der Waals surface area contributed by atoms with Crippen molar-refractivity contribution in [1.29, 1.82) is 5.26 Å². The van der Waals surface area contributed by atoms with Crippen molar-refractivity contribution in [3.8, 4) is 6.07 Å². The molecule has 0 saturated carbocycles. The van der Waals surface area contributed by atoms with E-state index in [0.717, 1.165) is 17.3 Å². The predicted octanol–water partition coefficient (Wildman–Crippen LogP) is 6.02. The highest BCUT2D eigenvalue weighted by atomic mass is 79.9. The molecule has 0 radical (unpaired) electrons. The lowest BCUT2D eigenvalue weighted by Gasteiger charge is -2.41. The number of rotatable bonds is 9. The minimum Gasteiger partial charge on any atom is -0.598 e. The Labute approximate surface area is 224 Å². The zero-order valence-corrected chi connectivity index (χ0v) is 26.2. The summed E-state index contributed by atoms with van der Waals surface area (Å²) < 4.78 is 50.3. The number of hydrogen-bond acceptors (Lipinski definition) is 6. The molecule has 0 aromatic carbocycles. The third-order valence-corrected chi connectivity index (χ3v) is 16.9. The maximum absolute atomic E-state index is 16.5. The van der Waals surface area contributed by atoms with Gasteiger partial charge >= 0.3 is 0 Å². The van der Waals surface area contributed by atoms with Crippen LogP contribution in [0.3, 0.4) is 0 Å². The Balaban J connectivity index is 2.84. The van der Waals surface area contributed by atoms with Crippen LogP contribution in [-0.4, -0.2) is 52.8 Å². The van der Waals surface area contributed by atoms with Crippen molar-refractivity contribution in [1.82, 2.24) is 9.71 Å². The quantitative estimate of drug-likeness (QED) is 0.272. The first-order valence-electron chi connectivity index (χ1n) is 12.0. The first-order valence-corrected chi connectivity index (χ1v) is 17.8. The number of nitrogens with zero attached hydrogens (tertiary/aromatic N) is 3. The molecule has 1 aliphatic rings. The summed E-state index contributed by atoms with van der Waals surface area (Å²) in [6.45, 7) is 15.4. The topological polar surface area (TPSA) is 101 Å². The van der Waals surface area contributed by atoms with E-state index in [1.165, 1.54) is 0 Å². The molecule has 2 heterocycles. The zero-order valence-electron chi connectivity index (χ0n) is 22.2. The van der Waals surface area contributed by atoms with Crippen LogP contribution in [-0.2, 0) is 26.6 Å². The Morgan fingerprint density at radius 3 is 2.37 bits per heavy atom. The fraction of sp³-hybridized carbons (Fsp3) is 0.750. The number of nitrogens with one attached hydrogen (secondary N) is 1. The van der Waals surface area contributed by atoms with Gasteiger partial charge < -0.3 is 4.55 Å². The van der Waals surface area contributed by atoms with E-state index in [1.54, 1.807) is 19.9 Å². The van der Waals surface area contributed by atoms with Crippen LogP contribution in [0.1, 0.15) is 73.9 Å². The summed E-state index contributed by atoms with van der Waals surface area (Å²) in [4.78, 5) is 5.16. The van der Waals surface area contributed by atoms with Gasteiger partial charge in [-0.2, -0.15) is 5.26 Å². The molecule has 0 spiro atoms. The Bertz CT molecular complexity index is 1090. The Hall–Kier alpha value is -0.380. The van der Waals surface area contributed by atoms with E-state index >= 15 is 4.39 Å². The minimum absolute atomic E-state index is 0.0653. The van der Waals surface area contributed by atoms with Crippen molar-refractivity contribution in [2.24, 2.45) is 4.36 Å². The Kier molecular flexibility index (Phi) is 9.83. The molecule has 200 valence electrons. The molecule has 2 unspecified atom stereocenters. The average molecular weight is 612 g/mol. The lowest BCUT2D eigenvalue weighted by atomic mass is 10.0. The minimum atomic E-state index is -3.12. The monoisotopic (exact) mass is 610 g/mol. The number of nitriles is 1. The molecule has 6 nitrogen and oxygen atoms in total. The van der Waals surface area contributed by atoms with Gasteiger partial charge in [-0.3, -0.25) is 0 Å². The fourth-order valence-corrected chi connectivity index (χ4v) is 11.6. The van der Waals surface area contributed by atoms with Crippen molar-refractivity contribution in [2.45, 2.75) is 88.2 Å². The van der Waals surface area contributed by atoms with E-state index in [-0.39, 0.29) is 11.4 Å². The van der Waals surface area contributed by atoms with Gasteiger partial charge in [-0.1, -0.05) is 20.8 Å². The highest BCUT2D eigenvalue weighted by molar-refractivity contribution is 9.10. The van der Waals surface area contributed by atoms with Crippen LogP contribution < -0.4 is 4.72 Å². The molecule has 0 aliphatic carbocycles. The van der Waals surface area contributed by atoms with E-state index in [1.807, 2.05) is 20.8 Å². The normalized spacial score (nSPS) is 26.3. The summed E-state index contributed by atoms with van der Waals surface area (Å²) in [7, 11) is -4.57. The van der Waals surface area contributed by atoms with Crippen molar-refractivity contribution in [2.75, 3.05) is 29.6 Å². The summed E-state index contributed by atoms with van der Waals surface area (Å²) in [5.41, 5.74) is -1.33. The van der Waals surface area contributed by atoms with Gasteiger partial charge in [0, 0.05) is 22.8 Å². The molecule has 1 aromatic rings. The van der Waals surface area contributed by atoms with Gasteiger partial charge in [0.25, 0.3) is 0 Å². The van der Waals surface area contributed by atoms with Crippen LogP contribution in [0.2, 0.25) is 0 Å². The van der Waals surface area contributed by atoms with Crippen LogP contribution in [0.15, 0.2) is 19.9 Å². The highest BCUT2D eigenvalue weighted by Gasteiger charge is 2.49. The molecule has 2 rings (SSSR count). The molecule has 4 atom stereocenters. The van der Waals surface area contributed by atoms with Crippen molar-refractivity contribution in [3.05, 3.63) is 22.2 Å². The lowest BCUT2D eigenvalue weighted by molar-refractivity contribution is 0.416. The molecule has 0 fully saturated rings. The van der Waals surface area contributed by atoms with Crippen LogP contribution in [0.25, 0.3) is 0 Å². The third-order valence-electron chi connectivity index (χ3n) is 6.95. The van der Waals surface area contributed by atoms with E-state index in [2.05, 4.69) is 56.8 Å². The molecule has 1 N–H and O–H groups in total. The molecule has 11 heteroatoms. The van der Waals surface area contributed by atoms with Crippen LogP contribution in [0, 0.1) is 17.1 Å². The molecular weight excluding hydrogens is 571 g/mol. The lowest BCUT2D eigenvalue weighted by Crippen LogP contribution is -2.56. The largest absolute Gasteiger partial charge is 0.598 e. The highest BCUT2D eigenvalue weighted by Crippen LogP contribution is 2.57. The van der Waals surface area contributed by atoms with Gasteiger partial charge in [-0.25, -0.2) is 28.0 Å². The molecular formula is C24H40BrFN4O2S3.